The van der Waals surface area contributed by atoms with Gasteiger partial charge in [0.2, 0.25) is 10.0 Å². The van der Waals surface area contributed by atoms with E-state index in [1.165, 1.54) is 13.8 Å². The van der Waals surface area contributed by atoms with E-state index in [0.29, 0.717) is 4.31 Å². The quantitative estimate of drug-likeness (QED) is 0.824. The number of rotatable bonds is 6. The summed E-state index contributed by atoms with van der Waals surface area (Å²) in [5.41, 5.74) is 0.177. The molecule has 10 heteroatoms. The number of nitrogens with zero attached hydrogens (tertiary/aromatic N) is 3. The molecule has 114 valence electrons. The van der Waals surface area contributed by atoms with E-state index in [1.807, 2.05) is 0 Å². The summed E-state index contributed by atoms with van der Waals surface area (Å²) in [6, 6.07) is 0. The molecule has 0 aromatic carbocycles. The van der Waals surface area contributed by atoms with Crippen LogP contribution in [0.3, 0.4) is 0 Å². The van der Waals surface area contributed by atoms with E-state index < -0.39 is 35.5 Å². The van der Waals surface area contributed by atoms with Crippen molar-refractivity contribution >= 4 is 16.0 Å². The van der Waals surface area contributed by atoms with Gasteiger partial charge in [-0.2, -0.15) is 9.40 Å². The third-order valence-electron chi connectivity index (χ3n) is 2.66. The number of sulfonamides is 1. The summed E-state index contributed by atoms with van der Waals surface area (Å²) in [6.07, 6.45) is -2.80. The summed E-state index contributed by atoms with van der Waals surface area (Å²) in [7, 11) is -3.10. The van der Waals surface area contributed by atoms with Gasteiger partial charge in [0.25, 0.3) is 6.43 Å². The van der Waals surface area contributed by atoms with Gasteiger partial charge in [-0.15, -0.1) is 0 Å². The molecule has 0 amide bonds. The highest BCUT2D eigenvalue weighted by Crippen LogP contribution is 2.23. The molecule has 0 spiro atoms. The lowest BCUT2D eigenvalue weighted by Crippen LogP contribution is -2.32. The van der Waals surface area contributed by atoms with E-state index in [9.17, 15) is 22.0 Å². The number of carboxylic acids is 1. The van der Waals surface area contributed by atoms with Gasteiger partial charge in [0, 0.05) is 7.05 Å². The molecule has 0 saturated heterocycles. The van der Waals surface area contributed by atoms with Crippen LogP contribution in [0, 0.1) is 13.8 Å². The van der Waals surface area contributed by atoms with Gasteiger partial charge < -0.3 is 5.11 Å². The van der Waals surface area contributed by atoms with Crippen LogP contribution < -0.4 is 0 Å². The molecule has 1 aromatic rings. The number of carbonyl (C=O) groups is 1. The van der Waals surface area contributed by atoms with Crippen molar-refractivity contribution in [3.8, 4) is 0 Å². The molecule has 0 aliphatic carbocycles. The van der Waals surface area contributed by atoms with Gasteiger partial charge in [0.1, 0.15) is 11.4 Å². The molecule has 1 rings (SSSR count). The highest BCUT2D eigenvalue weighted by atomic mass is 32.2. The summed E-state index contributed by atoms with van der Waals surface area (Å²) in [4.78, 5) is 10.4. The Morgan fingerprint density at radius 3 is 2.45 bits per heavy atom. The Morgan fingerprint density at radius 1 is 1.45 bits per heavy atom. The normalized spacial score (nSPS) is 12.3. The zero-order valence-corrected chi connectivity index (χ0v) is 12.0. The molecule has 0 unspecified atom stereocenters. The van der Waals surface area contributed by atoms with Gasteiger partial charge in [0.05, 0.1) is 17.9 Å². The van der Waals surface area contributed by atoms with Crippen LogP contribution in [0.15, 0.2) is 4.90 Å². The van der Waals surface area contributed by atoms with Crippen LogP contribution >= 0.6 is 0 Å². The zero-order chi connectivity index (χ0) is 15.7. The Kier molecular flexibility index (Phi) is 4.81. The molecule has 20 heavy (non-hydrogen) atoms. The average Bonchev–Trinajstić information content (AvgIpc) is 2.52. The maximum Gasteiger partial charge on any atom is 0.325 e. The summed E-state index contributed by atoms with van der Waals surface area (Å²) in [5.74, 6) is -1.18. The van der Waals surface area contributed by atoms with Gasteiger partial charge in [-0.1, -0.05) is 0 Å². The Balaban J connectivity index is 3.25. The molecule has 0 radical (unpaired) electrons. The molecule has 1 heterocycles. The molecule has 0 bridgehead atoms. The Bertz CT molecular complexity index is 612. The fourth-order valence-electron chi connectivity index (χ4n) is 1.78. The molecule has 0 aliphatic heterocycles. The molecular formula is C10H15F2N3O4S. The van der Waals surface area contributed by atoms with Crippen molar-refractivity contribution in [1.29, 1.82) is 0 Å². The first kappa shape index (κ1) is 16.5. The number of aromatic nitrogens is 2. The number of aryl methyl sites for hydroxylation is 1. The van der Waals surface area contributed by atoms with Crippen LogP contribution in [0.4, 0.5) is 8.78 Å². The van der Waals surface area contributed by atoms with Crippen LogP contribution in [-0.4, -0.2) is 53.6 Å². The lowest BCUT2D eigenvalue weighted by atomic mass is 10.4. The molecule has 0 atom stereocenters. The second-order valence-electron chi connectivity index (χ2n) is 4.23. The molecule has 0 saturated carbocycles. The fraction of sp³-hybridized carbons (Fsp3) is 0.600. The first-order valence-electron chi connectivity index (χ1n) is 5.57. The number of alkyl halides is 2. The van der Waals surface area contributed by atoms with Gasteiger partial charge in [0.15, 0.2) is 0 Å². The van der Waals surface area contributed by atoms with E-state index in [0.717, 1.165) is 11.7 Å². The summed E-state index contributed by atoms with van der Waals surface area (Å²) < 4.78 is 50.6. The summed E-state index contributed by atoms with van der Waals surface area (Å²) >= 11 is 0. The van der Waals surface area contributed by atoms with Crippen LogP contribution in [0.1, 0.15) is 11.4 Å². The molecule has 1 aromatic heterocycles. The molecule has 1 N–H and O–H groups in total. The topological polar surface area (TPSA) is 92.5 Å². The smallest absolute Gasteiger partial charge is 0.325 e. The van der Waals surface area contributed by atoms with Crippen molar-refractivity contribution in [2.24, 2.45) is 0 Å². The minimum atomic E-state index is -4.13. The highest BCUT2D eigenvalue weighted by Gasteiger charge is 2.30. The van der Waals surface area contributed by atoms with Crippen molar-refractivity contribution in [1.82, 2.24) is 14.1 Å². The monoisotopic (exact) mass is 311 g/mol. The number of aliphatic carboxylic acids is 1. The predicted molar refractivity (Wildman–Crippen MR) is 65.2 cm³/mol. The van der Waals surface area contributed by atoms with Crippen molar-refractivity contribution in [2.45, 2.75) is 31.7 Å². The van der Waals surface area contributed by atoms with Gasteiger partial charge in [-0.05, 0) is 13.8 Å². The lowest BCUT2D eigenvalue weighted by molar-refractivity contribution is -0.137. The fourth-order valence-corrected chi connectivity index (χ4v) is 3.30. The number of halogens is 2. The van der Waals surface area contributed by atoms with Gasteiger partial charge in [-0.25, -0.2) is 17.2 Å². The predicted octanol–water partition coefficient (Wildman–Crippen LogP) is 0.470. The largest absolute Gasteiger partial charge is 0.480 e. The van der Waals surface area contributed by atoms with Crippen molar-refractivity contribution in [3.05, 3.63) is 11.4 Å². The summed E-state index contributed by atoms with van der Waals surface area (Å²) in [6.45, 7) is 1.33. The second kappa shape index (κ2) is 5.83. The lowest BCUT2D eigenvalue weighted by Gasteiger charge is -2.16. The summed E-state index contributed by atoms with van der Waals surface area (Å²) in [5, 5.41) is 12.5. The minimum Gasteiger partial charge on any atom is -0.480 e. The first-order chi connectivity index (χ1) is 9.07. The second-order valence-corrected chi connectivity index (χ2v) is 6.21. The number of carboxylic acid groups (broad SMARTS) is 1. The zero-order valence-electron chi connectivity index (χ0n) is 11.2. The van der Waals surface area contributed by atoms with E-state index in [1.54, 1.807) is 0 Å². The molecule has 0 aliphatic rings. The van der Waals surface area contributed by atoms with Crippen LogP contribution in [0.2, 0.25) is 0 Å². The third kappa shape index (κ3) is 3.31. The molecule has 7 nitrogen and oxygen atoms in total. The minimum absolute atomic E-state index is 0.0740. The molecule has 0 fully saturated rings. The SMILES string of the molecule is Cc1nn(CC(=O)O)c(C)c1S(=O)(=O)N(C)CC(F)F. The maximum atomic E-state index is 12.3. The Labute approximate surface area is 114 Å². The third-order valence-corrected chi connectivity index (χ3v) is 4.74. The van der Waals surface area contributed by atoms with E-state index in [4.69, 9.17) is 5.11 Å². The van der Waals surface area contributed by atoms with Crippen LogP contribution in [-0.2, 0) is 21.4 Å². The Hall–Kier alpha value is -1.55. The first-order valence-corrected chi connectivity index (χ1v) is 7.01. The van der Waals surface area contributed by atoms with Crippen molar-refractivity contribution < 1.29 is 27.1 Å². The van der Waals surface area contributed by atoms with E-state index in [-0.39, 0.29) is 16.3 Å². The maximum absolute atomic E-state index is 12.3. The average molecular weight is 311 g/mol. The molecular weight excluding hydrogens is 296 g/mol. The van der Waals surface area contributed by atoms with Crippen molar-refractivity contribution in [3.63, 3.8) is 0 Å². The van der Waals surface area contributed by atoms with E-state index >= 15 is 0 Å². The number of hydrogen-bond acceptors (Lipinski definition) is 4. The van der Waals surface area contributed by atoms with Gasteiger partial charge in [-0.3, -0.25) is 9.48 Å². The van der Waals surface area contributed by atoms with Crippen molar-refractivity contribution in [2.75, 3.05) is 13.6 Å². The number of hydrogen-bond donors (Lipinski definition) is 1. The standard InChI is InChI=1S/C10H15F2N3O4S/c1-6-10(7(2)15(13-6)5-9(16)17)20(18,19)14(3)4-8(11)12/h8H,4-5H2,1-3H3,(H,16,17). The van der Waals surface area contributed by atoms with E-state index in [2.05, 4.69) is 5.10 Å². The van der Waals surface area contributed by atoms with Gasteiger partial charge >= 0.3 is 5.97 Å². The van der Waals surface area contributed by atoms with Crippen LogP contribution in [0.5, 0.6) is 0 Å². The highest BCUT2D eigenvalue weighted by molar-refractivity contribution is 7.89. The van der Waals surface area contributed by atoms with Crippen LogP contribution in [0.25, 0.3) is 0 Å². The Morgan fingerprint density at radius 2 is 2.00 bits per heavy atom.